The molecule has 0 atom stereocenters. The summed E-state index contributed by atoms with van der Waals surface area (Å²) in [5, 5.41) is 18.3. The third kappa shape index (κ3) is 4.88. The highest BCUT2D eigenvalue weighted by Gasteiger charge is 2.14. The Labute approximate surface area is 207 Å². The van der Waals surface area contributed by atoms with E-state index in [2.05, 4.69) is 10.6 Å². The first-order chi connectivity index (χ1) is 17.6. The van der Waals surface area contributed by atoms with Crippen molar-refractivity contribution in [2.45, 2.75) is 13.1 Å². The Bertz CT molecular complexity index is 1640. The molecular weight excluding hydrogens is 452 g/mol. The Morgan fingerprint density at radius 2 is 1.78 bits per heavy atom. The summed E-state index contributed by atoms with van der Waals surface area (Å²) in [7, 11) is 0. The van der Waals surface area contributed by atoms with Gasteiger partial charge in [0, 0.05) is 28.4 Å². The molecule has 5 aromatic rings. The SMILES string of the molecule is N#C/C(=C\c1cn(CC(=O)NCc2ccco2)c2ccccc12)C(=O)Nc1ccc2ccccc2c1. The van der Waals surface area contributed by atoms with Crippen LogP contribution in [-0.4, -0.2) is 16.4 Å². The normalized spacial score (nSPS) is 11.4. The number of anilines is 1. The molecule has 0 fully saturated rings. The minimum absolute atomic E-state index is 0.0340. The summed E-state index contributed by atoms with van der Waals surface area (Å²) in [5.74, 6) is -0.0153. The molecule has 5 rings (SSSR count). The molecule has 36 heavy (non-hydrogen) atoms. The molecule has 2 amide bonds. The van der Waals surface area contributed by atoms with Gasteiger partial charge in [-0.05, 0) is 47.2 Å². The smallest absolute Gasteiger partial charge is 0.266 e. The van der Waals surface area contributed by atoms with Crippen LogP contribution in [0.25, 0.3) is 27.8 Å². The Morgan fingerprint density at radius 3 is 2.58 bits per heavy atom. The molecule has 0 unspecified atom stereocenters. The highest BCUT2D eigenvalue weighted by atomic mass is 16.3. The van der Waals surface area contributed by atoms with E-state index in [0.29, 0.717) is 23.6 Å². The number of hydrogen-bond donors (Lipinski definition) is 2. The maximum Gasteiger partial charge on any atom is 0.266 e. The van der Waals surface area contributed by atoms with Gasteiger partial charge in [0.25, 0.3) is 5.91 Å². The van der Waals surface area contributed by atoms with Gasteiger partial charge in [-0.1, -0.05) is 48.5 Å². The van der Waals surface area contributed by atoms with Gasteiger partial charge in [-0.2, -0.15) is 5.26 Å². The molecule has 0 aliphatic heterocycles. The zero-order valence-corrected chi connectivity index (χ0v) is 19.3. The number of rotatable bonds is 7. The second kappa shape index (κ2) is 10.0. The minimum atomic E-state index is -0.499. The fourth-order valence-electron chi connectivity index (χ4n) is 4.10. The average molecular weight is 475 g/mol. The van der Waals surface area contributed by atoms with Crippen molar-refractivity contribution in [3.63, 3.8) is 0 Å². The number of nitriles is 1. The van der Waals surface area contributed by atoms with Gasteiger partial charge in [0.2, 0.25) is 5.91 Å². The molecule has 0 aliphatic rings. The number of fused-ring (bicyclic) bond motifs is 2. The predicted octanol–water partition coefficient (Wildman–Crippen LogP) is 5.25. The summed E-state index contributed by atoms with van der Waals surface area (Å²) in [6, 6.07) is 26.6. The first kappa shape index (κ1) is 22.7. The van der Waals surface area contributed by atoms with E-state index >= 15 is 0 Å². The lowest BCUT2D eigenvalue weighted by molar-refractivity contribution is -0.121. The molecule has 0 aliphatic carbocycles. The van der Waals surface area contributed by atoms with Crippen molar-refractivity contribution < 1.29 is 14.0 Å². The fraction of sp³-hybridized carbons (Fsp3) is 0.0690. The van der Waals surface area contributed by atoms with Crippen molar-refractivity contribution in [2.24, 2.45) is 0 Å². The number of carbonyl (C=O) groups excluding carboxylic acids is 2. The Kier molecular flexibility index (Phi) is 6.33. The first-order valence-corrected chi connectivity index (χ1v) is 11.4. The van der Waals surface area contributed by atoms with Gasteiger partial charge < -0.3 is 19.6 Å². The number of amides is 2. The minimum Gasteiger partial charge on any atom is -0.467 e. The molecule has 7 heteroatoms. The van der Waals surface area contributed by atoms with Crippen molar-refractivity contribution in [3.8, 4) is 6.07 Å². The first-order valence-electron chi connectivity index (χ1n) is 11.4. The zero-order valence-electron chi connectivity index (χ0n) is 19.3. The van der Waals surface area contributed by atoms with Crippen LogP contribution in [0.3, 0.4) is 0 Å². The van der Waals surface area contributed by atoms with Crippen molar-refractivity contribution in [1.29, 1.82) is 5.26 Å². The topological polar surface area (TPSA) is 100 Å². The largest absolute Gasteiger partial charge is 0.467 e. The average Bonchev–Trinajstić information content (AvgIpc) is 3.54. The van der Waals surface area contributed by atoms with Crippen molar-refractivity contribution in [3.05, 3.63) is 108 Å². The highest BCUT2D eigenvalue weighted by molar-refractivity contribution is 6.11. The number of nitrogens with one attached hydrogen (secondary N) is 2. The van der Waals surface area contributed by atoms with E-state index in [1.54, 1.807) is 35.2 Å². The maximum atomic E-state index is 12.9. The number of benzene rings is 3. The summed E-state index contributed by atoms with van der Waals surface area (Å²) in [6.07, 6.45) is 4.89. The zero-order chi connectivity index (χ0) is 24.9. The second-order valence-electron chi connectivity index (χ2n) is 8.27. The maximum absolute atomic E-state index is 12.9. The standard InChI is InChI=1S/C29H22N4O3/c30-16-22(29(35)32-24-12-11-20-6-1-2-7-21(20)15-24)14-23-18-33(27-10-4-3-9-26(23)27)19-28(34)31-17-25-8-5-13-36-25/h1-15,18H,17,19H2,(H,31,34)(H,32,35)/b22-14+. The number of hydrogen-bond acceptors (Lipinski definition) is 4. The van der Waals surface area contributed by atoms with E-state index in [0.717, 1.165) is 21.7 Å². The third-order valence-electron chi connectivity index (χ3n) is 5.85. The fourth-order valence-corrected chi connectivity index (χ4v) is 4.10. The van der Waals surface area contributed by atoms with E-state index in [-0.39, 0.29) is 18.0 Å². The van der Waals surface area contributed by atoms with E-state index in [9.17, 15) is 14.9 Å². The van der Waals surface area contributed by atoms with Gasteiger partial charge in [-0.15, -0.1) is 0 Å². The summed E-state index contributed by atoms with van der Waals surface area (Å²) < 4.78 is 7.05. The Morgan fingerprint density at radius 1 is 0.972 bits per heavy atom. The molecule has 2 heterocycles. The summed E-state index contributed by atoms with van der Waals surface area (Å²) in [5.41, 5.74) is 2.07. The van der Waals surface area contributed by atoms with Gasteiger partial charge in [0.15, 0.2) is 0 Å². The molecule has 0 spiro atoms. The molecule has 0 saturated carbocycles. The number of nitrogens with zero attached hydrogens (tertiary/aromatic N) is 2. The molecule has 2 N–H and O–H groups in total. The van der Waals surface area contributed by atoms with Crippen molar-refractivity contribution in [1.82, 2.24) is 9.88 Å². The molecule has 3 aromatic carbocycles. The van der Waals surface area contributed by atoms with Crippen LogP contribution in [0.15, 0.2) is 101 Å². The van der Waals surface area contributed by atoms with Crippen LogP contribution in [0.5, 0.6) is 0 Å². The van der Waals surface area contributed by atoms with Crippen LogP contribution in [0.4, 0.5) is 5.69 Å². The Balaban J connectivity index is 1.37. The van der Waals surface area contributed by atoms with E-state index in [1.807, 2.05) is 72.8 Å². The van der Waals surface area contributed by atoms with Gasteiger partial charge >= 0.3 is 0 Å². The van der Waals surface area contributed by atoms with Crippen LogP contribution in [-0.2, 0) is 22.7 Å². The van der Waals surface area contributed by atoms with Crippen LogP contribution >= 0.6 is 0 Å². The second-order valence-corrected chi connectivity index (χ2v) is 8.27. The van der Waals surface area contributed by atoms with Crippen LogP contribution < -0.4 is 10.6 Å². The Hall–Kier alpha value is -5.09. The van der Waals surface area contributed by atoms with E-state index < -0.39 is 5.91 Å². The van der Waals surface area contributed by atoms with Gasteiger partial charge in [-0.3, -0.25) is 9.59 Å². The number of aromatic nitrogens is 1. The number of furan rings is 1. The van der Waals surface area contributed by atoms with E-state index in [1.165, 1.54) is 0 Å². The van der Waals surface area contributed by atoms with Crippen molar-refractivity contribution >= 4 is 45.3 Å². The lowest BCUT2D eigenvalue weighted by Crippen LogP contribution is -2.26. The quantitative estimate of drug-likeness (QED) is 0.249. The number of carbonyl (C=O) groups is 2. The molecular formula is C29H22N4O3. The lowest BCUT2D eigenvalue weighted by Gasteiger charge is -2.06. The summed E-state index contributed by atoms with van der Waals surface area (Å²) >= 11 is 0. The molecule has 2 aromatic heterocycles. The lowest BCUT2D eigenvalue weighted by atomic mass is 10.1. The third-order valence-corrected chi connectivity index (χ3v) is 5.85. The summed E-state index contributed by atoms with van der Waals surface area (Å²) in [6.45, 7) is 0.381. The monoisotopic (exact) mass is 474 g/mol. The van der Waals surface area contributed by atoms with E-state index in [4.69, 9.17) is 4.42 Å². The summed E-state index contributed by atoms with van der Waals surface area (Å²) in [4.78, 5) is 25.5. The molecule has 7 nitrogen and oxygen atoms in total. The van der Waals surface area contributed by atoms with Gasteiger partial charge in [0.1, 0.15) is 23.9 Å². The molecule has 0 radical (unpaired) electrons. The van der Waals surface area contributed by atoms with Crippen molar-refractivity contribution in [2.75, 3.05) is 5.32 Å². The molecule has 0 bridgehead atoms. The predicted molar refractivity (Wildman–Crippen MR) is 139 cm³/mol. The van der Waals surface area contributed by atoms with Crippen LogP contribution in [0.2, 0.25) is 0 Å². The highest BCUT2D eigenvalue weighted by Crippen LogP contribution is 2.24. The van der Waals surface area contributed by atoms with Gasteiger partial charge in [-0.25, -0.2) is 0 Å². The molecule has 176 valence electrons. The van der Waals surface area contributed by atoms with Crippen LogP contribution in [0, 0.1) is 11.3 Å². The van der Waals surface area contributed by atoms with Gasteiger partial charge in [0.05, 0.1) is 12.8 Å². The molecule has 0 saturated heterocycles. The van der Waals surface area contributed by atoms with Crippen LogP contribution in [0.1, 0.15) is 11.3 Å². The number of para-hydroxylation sites is 1.